The van der Waals surface area contributed by atoms with E-state index in [9.17, 15) is 0 Å². The molecule has 22 heavy (non-hydrogen) atoms. The van der Waals surface area contributed by atoms with Crippen LogP contribution in [-0.2, 0) is 4.74 Å². The smallest absolute Gasteiger partial charge is 0.188 e. The van der Waals surface area contributed by atoms with Crippen molar-refractivity contribution in [1.29, 1.82) is 0 Å². The van der Waals surface area contributed by atoms with Gasteiger partial charge in [0.15, 0.2) is 6.79 Å². The number of ether oxygens (including phenoxy) is 4. The number of rotatable bonds is 7. The van der Waals surface area contributed by atoms with Gasteiger partial charge in [-0.25, -0.2) is 0 Å². The fourth-order valence-electron chi connectivity index (χ4n) is 1.93. The maximum Gasteiger partial charge on any atom is 0.188 e. The van der Waals surface area contributed by atoms with E-state index in [0.29, 0.717) is 5.75 Å². The van der Waals surface area contributed by atoms with Crippen LogP contribution in [0, 0.1) is 0 Å². The topological polar surface area (TPSA) is 36.9 Å². The van der Waals surface area contributed by atoms with Gasteiger partial charge in [-0.2, -0.15) is 0 Å². The second kappa shape index (κ2) is 8.10. The monoisotopic (exact) mass is 300 g/mol. The largest absolute Gasteiger partial charge is 0.497 e. The molecule has 0 saturated heterocycles. The SMILES string of the molecule is COCOc1cc(/C=C/c2ccc(OC)cc2)cc(OC)c1. The van der Waals surface area contributed by atoms with E-state index in [-0.39, 0.29) is 6.79 Å². The first-order valence-corrected chi connectivity index (χ1v) is 6.88. The highest BCUT2D eigenvalue weighted by molar-refractivity contribution is 5.71. The van der Waals surface area contributed by atoms with E-state index in [1.165, 1.54) is 0 Å². The van der Waals surface area contributed by atoms with Crippen molar-refractivity contribution in [1.82, 2.24) is 0 Å². The minimum absolute atomic E-state index is 0.203. The van der Waals surface area contributed by atoms with Crippen molar-refractivity contribution in [2.24, 2.45) is 0 Å². The Morgan fingerprint density at radius 3 is 2.00 bits per heavy atom. The summed E-state index contributed by atoms with van der Waals surface area (Å²) in [5.74, 6) is 2.28. The van der Waals surface area contributed by atoms with Crippen LogP contribution in [0.5, 0.6) is 17.2 Å². The van der Waals surface area contributed by atoms with E-state index in [2.05, 4.69) is 0 Å². The summed E-state index contributed by atoms with van der Waals surface area (Å²) in [5, 5.41) is 0. The minimum Gasteiger partial charge on any atom is -0.497 e. The van der Waals surface area contributed by atoms with Gasteiger partial charge in [0.1, 0.15) is 17.2 Å². The molecule has 0 bridgehead atoms. The summed E-state index contributed by atoms with van der Waals surface area (Å²) in [7, 11) is 4.87. The zero-order valence-corrected chi connectivity index (χ0v) is 13.0. The molecule has 0 aliphatic heterocycles. The van der Waals surface area contributed by atoms with Crippen molar-refractivity contribution in [2.75, 3.05) is 28.1 Å². The predicted molar refractivity (Wildman–Crippen MR) is 87.4 cm³/mol. The maximum atomic E-state index is 5.47. The first-order valence-electron chi connectivity index (χ1n) is 6.88. The van der Waals surface area contributed by atoms with Gasteiger partial charge < -0.3 is 18.9 Å². The van der Waals surface area contributed by atoms with Crippen molar-refractivity contribution in [2.45, 2.75) is 0 Å². The zero-order valence-electron chi connectivity index (χ0n) is 13.0. The molecule has 2 aromatic carbocycles. The summed E-state index contributed by atoms with van der Waals surface area (Å²) in [5.41, 5.74) is 2.07. The normalized spacial score (nSPS) is 10.7. The molecular formula is C18H20O4. The highest BCUT2D eigenvalue weighted by Gasteiger charge is 2.01. The molecule has 0 fully saturated rings. The molecule has 0 radical (unpaired) electrons. The molecule has 116 valence electrons. The van der Waals surface area contributed by atoms with Gasteiger partial charge in [-0.15, -0.1) is 0 Å². The van der Waals surface area contributed by atoms with Gasteiger partial charge in [-0.1, -0.05) is 24.3 Å². The van der Waals surface area contributed by atoms with Crippen LogP contribution in [0.3, 0.4) is 0 Å². The molecule has 0 N–H and O–H groups in total. The Balaban J connectivity index is 2.17. The summed E-state index contributed by atoms with van der Waals surface area (Å²) in [6.45, 7) is 0.203. The average molecular weight is 300 g/mol. The second-order valence-corrected chi connectivity index (χ2v) is 4.60. The summed E-state index contributed by atoms with van der Waals surface area (Å²) in [6.07, 6.45) is 4.03. The summed E-state index contributed by atoms with van der Waals surface area (Å²) in [6, 6.07) is 13.6. The van der Waals surface area contributed by atoms with Crippen LogP contribution in [-0.4, -0.2) is 28.1 Å². The average Bonchev–Trinajstić information content (AvgIpc) is 2.58. The molecule has 0 amide bonds. The van der Waals surface area contributed by atoms with Gasteiger partial charge in [0.2, 0.25) is 0 Å². The Bertz CT molecular complexity index is 617. The molecule has 4 nitrogen and oxygen atoms in total. The lowest BCUT2D eigenvalue weighted by atomic mass is 10.1. The first-order chi connectivity index (χ1) is 10.7. The first kappa shape index (κ1) is 15.9. The fourth-order valence-corrected chi connectivity index (χ4v) is 1.93. The summed E-state index contributed by atoms with van der Waals surface area (Å²) >= 11 is 0. The number of hydrogen-bond donors (Lipinski definition) is 0. The van der Waals surface area contributed by atoms with E-state index >= 15 is 0 Å². The van der Waals surface area contributed by atoms with Crippen LogP contribution >= 0.6 is 0 Å². The maximum absolute atomic E-state index is 5.47. The highest BCUT2D eigenvalue weighted by Crippen LogP contribution is 2.24. The molecule has 4 heteroatoms. The third kappa shape index (κ3) is 4.53. The standard InChI is InChI=1S/C18H20O4/c1-19-13-22-18-11-15(10-17(12-18)21-3)5-4-14-6-8-16(20-2)9-7-14/h4-12H,13H2,1-3H3/b5-4+. The molecule has 0 aromatic heterocycles. The molecule has 2 rings (SSSR count). The van der Waals surface area contributed by atoms with Crippen molar-refractivity contribution >= 4 is 12.2 Å². The van der Waals surface area contributed by atoms with Crippen LogP contribution in [0.2, 0.25) is 0 Å². The van der Waals surface area contributed by atoms with Crippen molar-refractivity contribution in [3.63, 3.8) is 0 Å². The van der Waals surface area contributed by atoms with E-state index < -0.39 is 0 Å². The number of benzene rings is 2. The molecule has 0 spiro atoms. The molecule has 0 aliphatic rings. The van der Waals surface area contributed by atoms with Gasteiger partial charge in [0.05, 0.1) is 14.2 Å². The lowest BCUT2D eigenvalue weighted by Crippen LogP contribution is -1.99. The quantitative estimate of drug-likeness (QED) is 0.575. The van der Waals surface area contributed by atoms with Crippen molar-refractivity contribution in [3.05, 3.63) is 53.6 Å². The molecule has 2 aromatic rings. The Morgan fingerprint density at radius 2 is 1.36 bits per heavy atom. The third-order valence-electron chi connectivity index (χ3n) is 3.07. The van der Waals surface area contributed by atoms with Crippen LogP contribution in [0.1, 0.15) is 11.1 Å². The van der Waals surface area contributed by atoms with Crippen LogP contribution in [0.15, 0.2) is 42.5 Å². The van der Waals surface area contributed by atoms with Crippen molar-refractivity contribution in [3.8, 4) is 17.2 Å². The van der Waals surface area contributed by atoms with Crippen molar-refractivity contribution < 1.29 is 18.9 Å². The number of hydrogen-bond acceptors (Lipinski definition) is 4. The Labute approximate surface area is 130 Å². The molecule has 0 saturated carbocycles. The van der Waals surface area contributed by atoms with E-state index in [4.69, 9.17) is 18.9 Å². The zero-order chi connectivity index (χ0) is 15.8. The van der Waals surface area contributed by atoms with E-state index in [0.717, 1.165) is 22.6 Å². The summed E-state index contributed by atoms with van der Waals surface area (Å²) < 4.78 is 20.8. The van der Waals surface area contributed by atoms with Gasteiger partial charge >= 0.3 is 0 Å². The molecule has 0 heterocycles. The molecular weight excluding hydrogens is 280 g/mol. The van der Waals surface area contributed by atoms with Crippen LogP contribution in [0.25, 0.3) is 12.2 Å². The highest BCUT2D eigenvalue weighted by atomic mass is 16.7. The molecule has 0 aliphatic carbocycles. The van der Waals surface area contributed by atoms with E-state index in [1.807, 2.05) is 54.6 Å². The molecule has 0 atom stereocenters. The Morgan fingerprint density at radius 1 is 0.727 bits per heavy atom. The lowest BCUT2D eigenvalue weighted by molar-refractivity contribution is 0.0510. The van der Waals surface area contributed by atoms with Gasteiger partial charge in [-0.05, 0) is 35.4 Å². The third-order valence-corrected chi connectivity index (χ3v) is 3.07. The lowest BCUT2D eigenvalue weighted by Gasteiger charge is -2.08. The van der Waals surface area contributed by atoms with Crippen LogP contribution in [0.4, 0.5) is 0 Å². The minimum atomic E-state index is 0.203. The fraction of sp³-hybridized carbons (Fsp3) is 0.222. The molecule has 0 unspecified atom stereocenters. The van der Waals surface area contributed by atoms with E-state index in [1.54, 1.807) is 21.3 Å². The van der Waals surface area contributed by atoms with Gasteiger partial charge in [0, 0.05) is 13.2 Å². The number of methoxy groups -OCH3 is 3. The second-order valence-electron chi connectivity index (χ2n) is 4.60. The van der Waals surface area contributed by atoms with Crippen LogP contribution < -0.4 is 14.2 Å². The van der Waals surface area contributed by atoms with Gasteiger partial charge in [0.25, 0.3) is 0 Å². The van der Waals surface area contributed by atoms with Gasteiger partial charge in [-0.3, -0.25) is 0 Å². The summed E-state index contributed by atoms with van der Waals surface area (Å²) in [4.78, 5) is 0. The Kier molecular flexibility index (Phi) is 5.86. The predicted octanol–water partition coefficient (Wildman–Crippen LogP) is 3.86. The Hall–Kier alpha value is -2.46.